The lowest BCUT2D eigenvalue weighted by molar-refractivity contribution is -0.117. The van der Waals surface area contributed by atoms with Gasteiger partial charge in [0, 0.05) is 17.8 Å². The van der Waals surface area contributed by atoms with Gasteiger partial charge in [0.2, 0.25) is 5.91 Å². The Morgan fingerprint density at radius 1 is 1.15 bits per heavy atom. The average Bonchev–Trinajstić information content (AvgIpc) is 2.65. The molecule has 0 aromatic heterocycles. The molecule has 0 radical (unpaired) electrons. The van der Waals surface area contributed by atoms with Gasteiger partial charge in [-0.05, 0) is 38.4 Å². The van der Waals surface area contributed by atoms with Crippen LogP contribution in [0.25, 0.3) is 0 Å². The van der Waals surface area contributed by atoms with Gasteiger partial charge in [0.15, 0.2) is 0 Å². The fraction of sp³-hybridized carbons (Fsp3) is 0.682. The summed E-state index contributed by atoms with van der Waals surface area (Å²) in [6.45, 7) is 3.42. The maximum atomic E-state index is 12.3. The van der Waals surface area contributed by atoms with Crippen molar-refractivity contribution in [3.8, 4) is 5.75 Å². The van der Waals surface area contributed by atoms with E-state index in [0.29, 0.717) is 12.6 Å². The molecule has 1 aliphatic carbocycles. The number of anilines is 1. The van der Waals surface area contributed by atoms with Crippen molar-refractivity contribution in [2.75, 3.05) is 25.5 Å². The van der Waals surface area contributed by atoms with Gasteiger partial charge in [0.25, 0.3) is 0 Å². The normalized spacial score (nSPS) is 15.2. The molecule has 0 atom stereocenters. The van der Waals surface area contributed by atoms with Gasteiger partial charge >= 0.3 is 0 Å². The summed E-state index contributed by atoms with van der Waals surface area (Å²) in [5, 5.41) is 3.01. The molecule has 0 spiro atoms. The third-order valence-corrected chi connectivity index (χ3v) is 5.23. The van der Waals surface area contributed by atoms with Crippen LogP contribution in [0.15, 0.2) is 24.3 Å². The number of carbonyl (C=O) groups excluding carboxylic acids is 1. The van der Waals surface area contributed by atoms with E-state index in [2.05, 4.69) is 24.2 Å². The van der Waals surface area contributed by atoms with E-state index in [9.17, 15) is 4.79 Å². The summed E-state index contributed by atoms with van der Waals surface area (Å²) in [7, 11) is 2.06. The second-order valence-electron chi connectivity index (χ2n) is 7.55. The summed E-state index contributed by atoms with van der Waals surface area (Å²) in [5.74, 6) is 0.883. The van der Waals surface area contributed by atoms with E-state index in [-0.39, 0.29) is 5.91 Å². The minimum atomic E-state index is 0.0507. The van der Waals surface area contributed by atoms with Crippen LogP contribution in [0.2, 0.25) is 0 Å². The highest BCUT2D eigenvalue weighted by Gasteiger charge is 2.19. The maximum absolute atomic E-state index is 12.3. The molecular weight excluding hydrogens is 324 g/mol. The van der Waals surface area contributed by atoms with E-state index in [1.807, 2.05) is 24.3 Å². The van der Waals surface area contributed by atoms with Gasteiger partial charge in [-0.15, -0.1) is 0 Å². The van der Waals surface area contributed by atoms with E-state index >= 15 is 0 Å². The quantitative estimate of drug-likeness (QED) is 0.549. The fourth-order valence-electron chi connectivity index (χ4n) is 3.64. The highest BCUT2D eigenvalue weighted by atomic mass is 16.5. The van der Waals surface area contributed by atoms with Crippen LogP contribution in [0.3, 0.4) is 0 Å². The number of likely N-dealkylation sites (N-methyl/N-ethyl adjacent to an activating group) is 1. The summed E-state index contributed by atoms with van der Waals surface area (Å²) < 4.78 is 5.82. The molecule has 4 nitrogen and oxygen atoms in total. The number of amides is 1. The number of nitrogens with one attached hydrogen (secondary N) is 1. The minimum absolute atomic E-state index is 0.0507. The molecule has 0 heterocycles. The predicted octanol–water partition coefficient (Wildman–Crippen LogP) is 5.24. The molecule has 2 rings (SSSR count). The van der Waals surface area contributed by atoms with Gasteiger partial charge in [-0.1, -0.05) is 57.9 Å². The van der Waals surface area contributed by atoms with Crippen molar-refractivity contribution in [2.45, 2.75) is 77.2 Å². The standard InChI is InChI=1S/C22H36N2O2/c1-3-4-5-6-10-16-26-21-15-11-12-19(17-21)23-22(25)18-24(2)20-13-8-7-9-14-20/h11-12,15,17,20H,3-10,13-14,16,18H2,1-2H3,(H,23,25). The summed E-state index contributed by atoms with van der Waals surface area (Å²) >= 11 is 0. The number of rotatable bonds is 11. The summed E-state index contributed by atoms with van der Waals surface area (Å²) in [6.07, 6.45) is 12.5. The van der Waals surface area contributed by atoms with Crippen LogP contribution in [0.4, 0.5) is 5.69 Å². The topological polar surface area (TPSA) is 41.6 Å². The highest BCUT2D eigenvalue weighted by molar-refractivity contribution is 5.92. The SMILES string of the molecule is CCCCCCCOc1cccc(NC(=O)CN(C)C2CCCCC2)c1. The lowest BCUT2D eigenvalue weighted by atomic mass is 9.94. The molecule has 1 fully saturated rings. The molecule has 1 N–H and O–H groups in total. The Kier molecular flexibility index (Phi) is 9.54. The minimum Gasteiger partial charge on any atom is -0.494 e. The molecular formula is C22H36N2O2. The van der Waals surface area contributed by atoms with E-state index in [1.165, 1.54) is 57.8 Å². The van der Waals surface area contributed by atoms with Crippen molar-refractivity contribution in [1.82, 2.24) is 4.90 Å². The molecule has 1 aromatic rings. The first kappa shape index (κ1) is 20.8. The van der Waals surface area contributed by atoms with Gasteiger partial charge in [-0.2, -0.15) is 0 Å². The largest absolute Gasteiger partial charge is 0.494 e. The average molecular weight is 361 g/mol. The fourth-order valence-corrected chi connectivity index (χ4v) is 3.64. The van der Waals surface area contributed by atoms with Crippen LogP contribution in [-0.2, 0) is 4.79 Å². The van der Waals surface area contributed by atoms with Gasteiger partial charge in [-0.3, -0.25) is 9.69 Å². The van der Waals surface area contributed by atoms with Crippen LogP contribution in [0, 0.1) is 0 Å². The Morgan fingerprint density at radius 2 is 1.92 bits per heavy atom. The third-order valence-electron chi connectivity index (χ3n) is 5.23. The monoisotopic (exact) mass is 360 g/mol. The van der Waals surface area contributed by atoms with E-state index in [0.717, 1.165) is 24.5 Å². The summed E-state index contributed by atoms with van der Waals surface area (Å²) in [4.78, 5) is 14.5. The second-order valence-corrected chi connectivity index (χ2v) is 7.55. The van der Waals surface area contributed by atoms with E-state index in [1.54, 1.807) is 0 Å². The van der Waals surface area contributed by atoms with Crippen molar-refractivity contribution in [3.63, 3.8) is 0 Å². The number of hydrogen-bond acceptors (Lipinski definition) is 3. The van der Waals surface area contributed by atoms with Gasteiger partial charge in [0.05, 0.1) is 13.2 Å². The van der Waals surface area contributed by atoms with Crippen molar-refractivity contribution >= 4 is 11.6 Å². The zero-order chi connectivity index (χ0) is 18.6. The number of carbonyl (C=O) groups is 1. The van der Waals surface area contributed by atoms with Gasteiger partial charge < -0.3 is 10.1 Å². The molecule has 0 bridgehead atoms. The van der Waals surface area contributed by atoms with Crippen LogP contribution in [-0.4, -0.2) is 37.0 Å². The maximum Gasteiger partial charge on any atom is 0.238 e. The number of unbranched alkanes of at least 4 members (excludes halogenated alkanes) is 4. The Balaban J connectivity index is 1.71. The molecule has 1 saturated carbocycles. The van der Waals surface area contributed by atoms with Gasteiger partial charge in [-0.25, -0.2) is 0 Å². The highest BCUT2D eigenvalue weighted by Crippen LogP contribution is 2.22. The molecule has 0 saturated heterocycles. The molecule has 0 aliphatic heterocycles. The number of benzene rings is 1. The Morgan fingerprint density at radius 3 is 2.69 bits per heavy atom. The smallest absolute Gasteiger partial charge is 0.238 e. The summed E-state index contributed by atoms with van der Waals surface area (Å²) in [6, 6.07) is 8.29. The third kappa shape index (κ3) is 7.77. The summed E-state index contributed by atoms with van der Waals surface area (Å²) in [5.41, 5.74) is 0.815. The molecule has 0 unspecified atom stereocenters. The second kappa shape index (κ2) is 11.9. The predicted molar refractivity (Wildman–Crippen MR) is 109 cm³/mol. The van der Waals surface area contributed by atoms with Crippen LogP contribution >= 0.6 is 0 Å². The molecule has 1 aromatic carbocycles. The van der Waals surface area contributed by atoms with Crippen LogP contribution < -0.4 is 10.1 Å². The number of ether oxygens (including phenoxy) is 1. The van der Waals surface area contributed by atoms with Crippen molar-refractivity contribution in [3.05, 3.63) is 24.3 Å². The molecule has 4 heteroatoms. The van der Waals surface area contributed by atoms with Crippen LogP contribution in [0.1, 0.15) is 71.1 Å². The van der Waals surface area contributed by atoms with Gasteiger partial charge in [0.1, 0.15) is 5.75 Å². The first-order valence-corrected chi connectivity index (χ1v) is 10.4. The first-order valence-electron chi connectivity index (χ1n) is 10.4. The van der Waals surface area contributed by atoms with E-state index < -0.39 is 0 Å². The zero-order valence-electron chi connectivity index (χ0n) is 16.6. The van der Waals surface area contributed by atoms with Crippen molar-refractivity contribution in [1.29, 1.82) is 0 Å². The Hall–Kier alpha value is -1.55. The molecule has 26 heavy (non-hydrogen) atoms. The molecule has 1 amide bonds. The first-order chi connectivity index (χ1) is 12.7. The Bertz CT molecular complexity index is 527. The van der Waals surface area contributed by atoms with Crippen molar-refractivity contribution < 1.29 is 9.53 Å². The van der Waals surface area contributed by atoms with Crippen LogP contribution in [0.5, 0.6) is 5.75 Å². The number of hydrogen-bond donors (Lipinski definition) is 1. The number of nitrogens with zero attached hydrogens (tertiary/aromatic N) is 1. The van der Waals surface area contributed by atoms with Crippen molar-refractivity contribution in [2.24, 2.45) is 0 Å². The molecule has 1 aliphatic rings. The lowest BCUT2D eigenvalue weighted by Crippen LogP contribution is -2.39. The zero-order valence-corrected chi connectivity index (χ0v) is 16.6. The molecule has 146 valence electrons. The Labute approximate surface area is 159 Å². The van der Waals surface area contributed by atoms with E-state index in [4.69, 9.17) is 4.74 Å². The lowest BCUT2D eigenvalue weighted by Gasteiger charge is -2.30.